The van der Waals surface area contributed by atoms with E-state index in [-0.39, 0.29) is 23.7 Å². The van der Waals surface area contributed by atoms with Gasteiger partial charge in [0.2, 0.25) is 0 Å². The van der Waals surface area contributed by atoms with Crippen molar-refractivity contribution in [3.05, 3.63) is 0 Å². The number of rotatable bonds is 5. The van der Waals surface area contributed by atoms with E-state index < -0.39 is 0 Å². The monoisotopic (exact) mass is 300 g/mol. The van der Waals surface area contributed by atoms with Gasteiger partial charge < -0.3 is 20.1 Å². The Hall–Kier alpha value is -0.810. The van der Waals surface area contributed by atoms with Crippen LogP contribution in [0.2, 0.25) is 0 Å². The number of likely N-dealkylation sites (tertiary alicyclic amines) is 1. The van der Waals surface area contributed by atoms with Gasteiger partial charge in [-0.05, 0) is 37.6 Å². The molecule has 0 spiro atoms. The molecule has 0 saturated carbocycles. The molecule has 0 aromatic heterocycles. The molecule has 5 nitrogen and oxygen atoms in total. The predicted octanol–water partition coefficient (Wildman–Crippen LogP) is 2.24. The molecule has 1 rings (SSSR count). The molecule has 0 bridgehead atoms. The van der Waals surface area contributed by atoms with Crippen LogP contribution in [-0.2, 0) is 4.74 Å². The zero-order valence-electron chi connectivity index (χ0n) is 14.2. The summed E-state index contributed by atoms with van der Waals surface area (Å²) in [6, 6.07) is 0.106. The lowest BCUT2D eigenvalue weighted by Gasteiger charge is -2.39. The summed E-state index contributed by atoms with van der Waals surface area (Å²) in [6.45, 7) is 13.3. The summed E-state index contributed by atoms with van der Waals surface area (Å²) in [5, 5.41) is 13.3. The highest BCUT2D eigenvalue weighted by atomic mass is 16.5. The van der Waals surface area contributed by atoms with Crippen molar-refractivity contribution in [1.82, 2.24) is 10.2 Å². The number of alkyl carbamates (subject to hydrolysis) is 1. The van der Waals surface area contributed by atoms with Crippen LogP contribution in [0.3, 0.4) is 0 Å². The first-order valence-electron chi connectivity index (χ1n) is 8.09. The summed E-state index contributed by atoms with van der Waals surface area (Å²) >= 11 is 0. The number of nitrogens with one attached hydrogen (secondary N) is 1. The zero-order chi connectivity index (χ0) is 16.0. The fourth-order valence-electron chi connectivity index (χ4n) is 2.85. The molecule has 5 heteroatoms. The Balaban J connectivity index is 2.58. The Morgan fingerprint density at radius 2 is 2.05 bits per heavy atom. The minimum atomic E-state index is -0.337. The van der Waals surface area contributed by atoms with Crippen molar-refractivity contribution in [2.24, 2.45) is 11.3 Å². The fourth-order valence-corrected chi connectivity index (χ4v) is 2.85. The van der Waals surface area contributed by atoms with Crippen LogP contribution >= 0.6 is 0 Å². The average Bonchev–Trinajstić information content (AvgIpc) is 2.37. The van der Waals surface area contributed by atoms with Gasteiger partial charge in [-0.1, -0.05) is 27.7 Å². The second-order valence-electron chi connectivity index (χ2n) is 7.13. The average molecular weight is 300 g/mol. The van der Waals surface area contributed by atoms with E-state index in [1.807, 2.05) is 0 Å². The number of aliphatic hydroxyl groups excluding tert-OH is 1. The molecule has 3 unspecified atom stereocenters. The predicted molar refractivity (Wildman–Crippen MR) is 84.2 cm³/mol. The largest absolute Gasteiger partial charge is 0.450 e. The van der Waals surface area contributed by atoms with E-state index in [9.17, 15) is 9.90 Å². The van der Waals surface area contributed by atoms with Crippen LogP contribution in [0.4, 0.5) is 4.79 Å². The maximum Gasteiger partial charge on any atom is 0.407 e. The van der Waals surface area contributed by atoms with Crippen molar-refractivity contribution >= 4 is 6.09 Å². The molecular weight excluding hydrogens is 268 g/mol. The molecule has 124 valence electrons. The summed E-state index contributed by atoms with van der Waals surface area (Å²) in [4.78, 5) is 13.9. The Labute approximate surface area is 129 Å². The lowest BCUT2D eigenvalue weighted by atomic mass is 9.80. The van der Waals surface area contributed by atoms with Gasteiger partial charge in [0.25, 0.3) is 0 Å². The number of nitrogens with zero attached hydrogens (tertiary/aromatic N) is 1. The van der Waals surface area contributed by atoms with E-state index >= 15 is 0 Å². The molecule has 1 aliphatic heterocycles. The van der Waals surface area contributed by atoms with Crippen LogP contribution in [0.15, 0.2) is 0 Å². The van der Waals surface area contributed by atoms with Crippen molar-refractivity contribution in [2.75, 3.05) is 26.2 Å². The van der Waals surface area contributed by atoms with Crippen molar-refractivity contribution in [2.45, 2.75) is 59.6 Å². The van der Waals surface area contributed by atoms with Gasteiger partial charge in [-0.25, -0.2) is 4.79 Å². The molecule has 1 aliphatic rings. The van der Waals surface area contributed by atoms with Crippen molar-refractivity contribution in [3.63, 3.8) is 0 Å². The Morgan fingerprint density at radius 3 is 2.57 bits per heavy atom. The molecule has 0 radical (unpaired) electrons. The number of hydrogen-bond donors (Lipinski definition) is 2. The van der Waals surface area contributed by atoms with E-state index in [1.54, 1.807) is 6.92 Å². The highest BCUT2D eigenvalue weighted by Gasteiger charge is 2.32. The number of piperidine rings is 1. The molecule has 0 aromatic rings. The quantitative estimate of drug-likeness (QED) is 0.817. The van der Waals surface area contributed by atoms with E-state index in [0.29, 0.717) is 12.5 Å². The Morgan fingerprint density at radius 1 is 1.38 bits per heavy atom. The molecule has 2 N–H and O–H groups in total. The minimum absolute atomic E-state index is 0.0987. The van der Waals surface area contributed by atoms with Crippen LogP contribution < -0.4 is 5.32 Å². The van der Waals surface area contributed by atoms with E-state index in [0.717, 1.165) is 32.5 Å². The number of ether oxygens (including phenoxy) is 1. The van der Waals surface area contributed by atoms with Crippen LogP contribution in [0.1, 0.15) is 47.5 Å². The van der Waals surface area contributed by atoms with Gasteiger partial charge in [-0.2, -0.15) is 0 Å². The highest BCUT2D eigenvalue weighted by Crippen LogP contribution is 2.29. The maximum atomic E-state index is 11.6. The molecule has 1 saturated heterocycles. The highest BCUT2D eigenvalue weighted by molar-refractivity contribution is 5.67. The van der Waals surface area contributed by atoms with Gasteiger partial charge >= 0.3 is 6.09 Å². The molecule has 3 atom stereocenters. The first-order valence-corrected chi connectivity index (χ1v) is 8.09. The van der Waals surface area contributed by atoms with Gasteiger partial charge in [-0.3, -0.25) is 0 Å². The summed E-state index contributed by atoms with van der Waals surface area (Å²) in [5.41, 5.74) is -0.0987. The molecule has 1 heterocycles. The molecule has 21 heavy (non-hydrogen) atoms. The standard InChI is InChI=1S/C16H32N2O3/c1-6-18-10-12(9-14(19)16(3,4)5)8-13(11-18)17-15(20)21-7-2/h12-14,19H,6-11H2,1-5H3,(H,17,20). The third-order valence-electron chi connectivity index (χ3n) is 4.21. The summed E-state index contributed by atoms with van der Waals surface area (Å²) in [7, 11) is 0. The minimum Gasteiger partial charge on any atom is -0.450 e. The molecule has 0 aromatic carbocycles. The third kappa shape index (κ3) is 6.22. The zero-order valence-corrected chi connectivity index (χ0v) is 14.2. The number of amides is 1. The second kappa shape index (κ2) is 7.99. The SMILES string of the molecule is CCOC(=O)NC1CC(CC(O)C(C)(C)C)CN(CC)C1. The van der Waals surface area contributed by atoms with Gasteiger partial charge in [0.05, 0.1) is 12.7 Å². The fraction of sp³-hybridized carbons (Fsp3) is 0.938. The number of aliphatic hydroxyl groups is 1. The van der Waals surface area contributed by atoms with E-state index in [4.69, 9.17) is 4.74 Å². The van der Waals surface area contributed by atoms with Crippen LogP contribution in [0.25, 0.3) is 0 Å². The third-order valence-corrected chi connectivity index (χ3v) is 4.21. The topological polar surface area (TPSA) is 61.8 Å². The number of likely N-dealkylation sites (N-methyl/N-ethyl adjacent to an activating group) is 1. The van der Waals surface area contributed by atoms with Crippen LogP contribution in [0.5, 0.6) is 0 Å². The van der Waals surface area contributed by atoms with Gasteiger partial charge in [0.15, 0.2) is 0 Å². The van der Waals surface area contributed by atoms with Crippen molar-refractivity contribution < 1.29 is 14.6 Å². The second-order valence-corrected chi connectivity index (χ2v) is 7.13. The lowest BCUT2D eigenvalue weighted by molar-refractivity contribution is 0.0226. The maximum absolute atomic E-state index is 11.6. The van der Waals surface area contributed by atoms with Crippen molar-refractivity contribution in [3.8, 4) is 0 Å². The van der Waals surface area contributed by atoms with Crippen molar-refractivity contribution in [1.29, 1.82) is 0 Å². The van der Waals surface area contributed by atoms with Crippen LogP contribution in [-0.4, -0.2) is 54.5 Å². The molecule has 0 aliphatic carbocycles. The van der Waals surface area contributed by atoms with E-state index in [2.05, 4.69) is 37.9 Å². The molecular formula is C16H32N2O3. The number of hydrogen-bond acceptors (Lipinski definition) is 4. The lowest BCUT2D eigenvalue weighted by Crippen LogP contribution is -2.51. The molecule has 1 amide bonds. The van der Waals surface area contributed by atoms with Gasteiger partial charge in [0.1, 0.15) is 0 Å². The van der Waals surface area contributed by atoms with E-state index in [1.165, 1.54) is 0 Å². The first kappa shape index (κ1) is 18.2. The summed E-state index contributed by atoms with van der Waals surface area (Å²) in [5.74, 6) is 0.403. The summed E-state index contributed by atoms with van der Waals surface area (Å²) in [6.07, 6.45) is 1.03. The normalized spacial score (nSPS) is 25.4. The Bertz CT molecular complexity index is 328. The molecule has 1 fully saturated rings. The van der Waals surface area contributed by atoms with Crippen LogP contribution in [0, 0.1) is 11.3 Å². The number of carbonyl (C=O) groups is 1. The first-order chi connectivity index (χ1) is 9.76. The number of carbonyl (C=O) groups excluding carboxylic acids is 1. The summed E-state index contributed by atoms with van der Waals surface area (Å²) < 4.78 is 4.97. The Kier molecular flexibility index (Phi) is 6.94. The smallest absolute Gasteiger partial charge is 0.407 e. The van der Waals surface area contributed by atoms with Gasteiger partial charge in [-0.15, -0.1) is 0 Å². The van der Waals surface area contributed by atoms with Gasteiger partial charge in [0, 0.05) is 19.1 Å².